The number of para-hydroxylation sites is 1. The van der Waals surface area contributed by atoms with Gasteiger partial charge in [-0.05, 0) is 30.4 Å². The maximum absolute atomic E-state index is 12.3. The molecule has 7 nitrogen and oxygen atoms in total. The molecule has 1 N–H and O–H groups in total. The zero-order valence-electron chi connectivity index (χ0n) is 14.7. The second-order valence-corrected chi connectivity index (χ2v) is 6.08. The average Bonchev–Trinajstić information content (AvgIpc) is 2.80. The van der Waals surface area contributed by atoms with Crippen molar-refractivity contribution < 1.29 is 19.2 Å². The molecule has 2 rings (SSSR count). The number of urea groups is 1. The Labute approximate surface area is 147 Å². The van der Waals surface area contributed by atoms with Gasteiger partial charge in [0.05, 0.1) is 0 Å². The number of carbonyl (C=O) groups is 4. The summed E-state index contributed by atoms with van der Waals surface area (Å²) >= 11 is 0. The summed E-state index contributed by atoms with van der Waals surface area (Å²) in [5.74, 6) is -2.08. The molecule has 1 fully saturated rings. The molecule has 25 heavy (non-hydrogen) atoms. The van der Waals surface area contributed by atoms with Gasteiger partial charge in [0, 0.05) is 12.2 Å². The van der Waals surface area contributed by atoms with Crippen LogP contribution in [-0.2, 0) is 14.4 Å². The molecular weight excluding hydrogens is 322 g/mol. The van der Waals surface area contributed by atoms with Crippen LogP contribution < -0.4 is 5.32 Å². The predicted molar refractivity (Wildman–Crippen MR) is 92.9 cm³/mol. The lowest BCUT2D eigenvalue weighted by atomic mass is 9.97. The highest BCUT2D eigenvalue weighted by atomic mass is 16.2. The highest BCUT2D eigenvalue weighted by molar-refractivity contribution is 6.45. The largest absolute Gasteiger partial charge is 0.334 e. The molecule has 134 valence electrons. The van der Waals surface area contributed by atoms with Gasteiger partial charge < -0.3 is 5.32 Å². The van der Waals surface area contributed by atoms with E-state index in [0.29, 0.717) is 17.0 Å². The lowest BCUT2D eigenvalue weighted by molar-refractivity contribution is -0.143. The first-order chi connectivity index (χ1) is 11.9. The van der Waals surface area contributed by atoms with Crippen molar-refractivity contribution in [3.05, 3.63) is 29.8 Å². The number of rotatable bonds is 7. The third-order valence-electron chi connectivity index (χ3n) is 4.26. The Kier molecular flexibility index (Phi) is 5.90. The second-order valence-electron chi connectivity index (χ2n) is 6.08. The summed E-state index contributed by atoms with van der Waals surface area (Å²) < 4.78 is 0. The minimum atomic E-state index is -0.955. The van der Waals surface area contributed by atoms with Crippen LogP contribution in [0.3, 0.4) is 0 Å². The molecule has 0 aromatic heterocycles. The van der Waals surface area contributed by atoms with Crippen molar-refractivity contribution in [2.75, 3.05) is 18.4 Å². The van der Waals surface area contributed by atoms with Gasteiger partial charge in [0.15, 0.2) is 0 Å². The fourth-order valence-electron chi connectivity index (χ4n) is 2.70. The fraction of sp³-hybridized carbons (Fsp3) is 0.444. The topological polar surface area (TPSA) is 86.8 Å². The normalized spacial score (nSPS) is 15.7. The summed E-state index contributed by atoms with van der Waals surface area (Å²) in [5, 5.41) is 2.74. The first-order valence-electron chi connectivity index (χ1n) is 8.46. The maximum Gasteiger partial charge on any atom is 0.334 e. The Morgan fingerprint density at radius 3 is 2.36 bits per heavy atom. The molecule has 0 aliphatic carbocycles. The van der Waals surface area contributed by atoms with Crippen LogP contribution in [0.15, 0.2) is 24.3 Å². The molecule has 0 unspecified atom stereocenters. The van der Waals surface area contributed by atoms with Crippen molar-refractivity contribution in [1.82, 2.24) is 9.80 Å². The summed E-state index contributed by atoms with van der Waals surface area (Å²) in [4.78, 5) is 49.8. The minimum absolute atomic E-state index is 0.165. The third-order valence-corrected chi connectivity index (χ3v) is 4.26. The average molecular weight is 345 g/mol. The number of hydrogen-bond donors (Lipinski definition) is 1. The molecule has 0 saturated carbocycles. The molecule has 1 saturated heterocycles. The quantitative estimate of drug-likeness (QED) is 0.607. The van der Waals surface area contributed by atoms with Gasteiger partial charge in [-0.3, -0.25) is 19.3 Å². The Balaban J connectivity index is 2.10. The molecule has 1 aliphatic rings. The van der Waals surface area contributed by atoms with E-state index in [9.17, 15) is 19.2 Å². The van der Waals surface area contributed by atoms with Gasteiger partial charge in [0.1, 0.15) is 6.54 Å². The number of benzene rings is 1. The van der Waals surface area contributed by atoms with E-state index in [1.165, 1.54) is 0 Å². The number of carbonyl (C=O) groups excluding carboxylic acids is 4. The van der Waals surface area contributed by atoms with Crippen molar-refractivity contribution in [2.24, 2.45) is 0 Å². The smallest absolute Gasteiger partial charge is 0.324 e. The summed E-state index contributed by atoms with van der Waals surface area (Å²) in [6, 6.07) is 6.68. The van der Waals surface area contributed by atoms with Gasteiger partial charge in [-0.1, -0.05) is 39.0 Å². The summed E-state index contributed by atoms with van der Waals surface area (Å²) in [5.41, 5.74) is 1.64. The van der Waals surface area contributed by atoms with Crippen LogP contribution in [-0.4, -0.2) is 46.6 Å². The molecule has 0 bridgehead atoms. The Morgan fingerprint density at radius 1 is 1.08 bits per heavy atom. The summed E-state index contributed by atoms with van der Waals surface area (Å²) in [6.07, 6.45) is 1.46. The molecule has 1 aromatic rings. The number of imide groups is 2. The number of amides is 5. The second kappa shape index (κ2) is 7.92. The fourth-order valence-corrected chi connectivity index (χ4v) is 2.70. The van der Waals surface area contributed by atoms with Crippen molar-refractivity contribution in [2.45, 2.75) is 39.5 Å². The molecule has 1 aromatic carbocycles. The third kappa shape index (κ3) is 3.87. The van der Waals surface area contributed by atoms with E-state index in [4.69, 9.17) is 0 Å². The minimum Gasteiger partial charge on any atom is -0.324 e. The van der Waals surface area contributed by atoms with Crippen LogP contribution in [0.4, 0.5) is 10.5 Å². The van der Waals surface area contributed by atoms with Gasteiger partial charge in [-0.2, -0.15) is 0 Å². The monoisotopic (exact) mass is 345 g/mol. The molecule has 0 spiro atoms. The molecule has 5 amide bonds. The van der Waals surface area contributed by atoms with E-state index in [0.717, 1.165) is 16.9 Å². The number of hydrogen-bond acceptors (Lipinski definition) is 4. The Bertz CT molecular complexity index is 701. The van der Waals surface area contributed by atoms with Crippen LogP contribution in [0.25, 0.3) is 0 Å². The lowest BCUT2D eigenvalue weighted by Gasteiger charge is -2.17. The first-order valence-corrected chi connectivity index (χ1v) is 8.46. The molecule has 1 aliphatic heterocycles. The lowest BCUT2D eigenvalue weighted by Crippen LogP contribution is -2.39. The van der Waals surface area contributed by atoms with Gasteiger partial charge in [0.25, 0.3) is 0 Å². The van der Waals surface area contributed by atoms with Crippen LogP contribution in [0.1, 0.15) is 45.1 Å². The number of nitrogens with zero attached hydrogens (tertiary/aromatic N) is 2. The molecule has 0 radical (unpaired) electrons. The van der Waals surface area contributed by atoms with Crippen LogP contribution in [0.5, 0.6) is 0 Å². The van der Waals surface area contributed by atoms with E-state index in [2.05, 4.69) is 19.2 Å². The molecular formula is C18H23N3O4. The first kappa shape index (κ1) is 18.6. The summed E-state index contributed by atoms with van der Waals surface area (Å²) in [7, 11) is 0. The van der Waals surface area contributed by atoms with Crippen molar-refractivity contribution in [3.8, 4) is 0 Å². The van der Waals surface area contributed by atoms with E-state index in [1.54, 1.807) is 19.1 Å². The molecule has 1 atom stereocenters. The highest BCUT2D eigenvalue weighted by Crippen LogP contribution is 2.26. The standard InChI is InChI=1S/C18H23N3O4/c1-4-10-20-16(23)17(24)21(18(20)25)11-15(22)19-14-9-7-6-8-13(14)12(3)5-2/h6-9,12H,4-5,10-11H2,1-3H3,(H,19,22)/t12-/m0/s1. The zero-order valence-corrected chi connectivity index (χ0v) is 14.7. The Morgan fingerprint density at radius 2 is 1.72 bits per heavy atom. The predicted octanol–water partition coefficient (Wildman–Crippen LogP) is 2.34. The van der Waals surface area contributed by atoms with Crippen LogP contribution in [0, 0.1) is 0 Å². The van der Waals surface area contributed by atoms with Crippen LogP contribution in [0.2, 0.25) is 0 Å². The summed E-state index contributed by atoms with van der Waals surface area (Å²) in [6.45, 7) is 5.60. The van der Waals surface area contributed by atoms with E-state index in [-0.39, 0.29) is 12.5 Å². The zero-order chi connectivity index (χ0) is 18.6. The highest BCUT2D eigenvalue weighted by Gasteiger charge is 2.44. The Hall–Kier alpha value is -2.70. The van der Waals surface area contributed by atoms with Gasteiger partial charge in [0.2, 0.25) is 5.91 Å². The number of anilines is 1. The van der Waals surface area contributed by atoms with Crippen LogP contribution >= 0.6 is 0 Å². The van der Waals surface area contributed by atoms with Gasteiger partial charge >= 0.3 is 17.8 Å². The van der Waals surface area contributed by atoms with Crippen molar-refractivity contribution in [1.29, 1.82) is 0 Å². The van der Waals surface area contributed by atoms with E-state index >= 15 is 0 Å². The molecule has 7 heteroatoms. The molecule has 1 heterocycles. The van der Waals surface area contributed by atoms with E-state index in [1.807, 2.05) is 12.1 Å². The number of nitrogens with one attached hydrogen (secondary N) is 1. The van der Waals surface area contributed by atoms with Crippen molar-refractivity contribution in [3.63, 3.8) is 0 Å². The van der Waals surface area contributed by atoms with Gasteiger partial charge in [-0.15, -0.1) is 0 Å². The SMILES string of the molecule is CCCN1C(=O)C(=O)N(CC(=O)Nc2ccccc2[C@@H](C)CC)C1=O. The van der Waals surface area contributed by atoms with E-state index < -0.39 is 30.3 Å². The maximum atomic E-state index is 12.3. The van der Waals surface area contributed by atoms with Gasteiger partial charge in [-0.25, -0.2) is 9.69 Å². The van der Waals surface area contributed by atoms with Crippen molar-refractivity contribution >= 4 is 29.4 Å².